The van der Waals surface area contributed by atoms with Crippen molar-refractivity contribution in [1.29, 1.82) is 0 Å². The molecule has 96 valence electrons. The summed E-state index contributed by atoms with van der Waals surface area (Å²) < 4.78 is 22.5. The van der Waals surface area contributed by atoms with Crippen molar-refractivity contribution >= 4 is 38.9 Å². The summed E-state index contributed by atoms with van der Waals surface area (Å²) in [4.78, 5) is 14.6. The lowest BCUT2D eigenvalue weighted by Crippen LogP contribution is -2.03. The van der Waals surface area contributed by atoms with Crippen molar-refractivity contribution in [2.75, 3.05) is 17.8 Å². The Morgan fingerprint density at radius 2 is 2.29 bits per heavy atom. The minimum Gasteiger partial charge on any atom is -0.481 e. The molecule has 0 spiro atoms. The molecule has 1 heterocycles. The quantitative estimate of drug-likeness (QED) is 0.603. The number of thiazole rings is 1. The van der Waals surface area contributed by atoms with E-state index < -0.39 is 15.8 Å². The van der Waals surface area contributed by atoms with Crippen LogP contribution in [0.1, 0.15) is 12.1 Å². The normalized spacial score (nSPS) is 11.6. The highest BCUT2D eigenvalue weighted by atomic mass is 32.2. The first kappa shape index (κ1) is 14.5. The molecule has 0 amide bonds. The summed E-state index contributed by atoms with van der Waals surface area (Å²) in [7, 11) is -2.90. The van der Waals surface area contributed by atoms with Crippen LogP contribution in [-0.4, -0.2) is 42.2 Å². The van der Waals surface area contributed by atoms with Crippen LogP contribution in [-0.2, 0) is 21.1 Å². The fraction of sp³-hybridized carbons (Fsp3) is 0.556. The van der Waals surface area contributed by atoms with E-state index in [1.54, 1.807) is 5.38 Å². The summed E-state index contributed by atoms with van der Waals surface area (Å²) in [5, 5.41) is 10.3. The van der Waals surface area contributed by atoms with E-state index in [4.69, 9.17) is 5.11 Å². The number of hydrogen-bond acceptors (Lipinski definition) is 6. The van der Waals surface area contributed by atoms with Gasteiger partial charge in [0.1, 0.15) is 14.2 Å². The van der Waals surface area contributed by atoms with Crippen LogP contribution < -0.4 is 0 Å². The average Bonchev–Trinajstić information content (AvgIpc) is 2.58. The van der Waals surface area contributed by atoms with Gasteiger partial charge in [-0.15, -0.1) is 11.3 Å². The van der Waals surface area contributed by atoms with Crippen LogP contribution in [0, 0.1) is 0 Å². The Bertz CT molecular complexity index is 480. The van der Waals surface area contributed by atoms with Crippen molar-refractivity contribution in [2.45, 2.75) is 17.2 Å². The molecule has 1 aromatic heterocycles. The summed E-state index contributed by atoms with van der Waals surface area (Å²) in [5.74, 6) is -0.0515. The summed E-state index contributed by atoms with van der Waals surface area (Å²) in [6, 6.07) is 0. The number of thioether (sulfide) groups is 1. The first-order valence-electron chi connectivity index (χ1n) is 4.83. The van der Waals surface area contributed by atoms with E-state index in [2.05, 4.69) is 4.98 Å². The number of carboxylic acids is 1. The number of nitrogens with zero attached hydrogens (tertiary/aromatic N) is 1. The molecule has 1 N–H and O–H groups in total. The SMILES string of the molecule is CS(=O)(=O)CCCSc1nc(CC(=O)O)cs1. The molecule has 0 aliphatic heterocycles. The van der Waals surface area contributed by atoms with Crippen LogP contribution in [0.3, 0.4) is 0 Å². The second kappa shape index (κ2) is 6.36. The summed E-state index contributed by atoms with van der Waals surface area (Å²) >= 11 is 2.85. The number of rotatable bonds is 7. The molecule has 0 aromatic carbocycles. The molecule has 1 rings (SSSR count). The van der Waals surface area contributed by atoms with Gasteiger partial charge in [0.25, 0.3) is 0 Å². The largest absolute Gasteiger partial charge is 0.481 e. The predicted octanol–water partition coefficient (Wildman–Crippen LogP) is 1.30. The van der Waals surface area contributed by atoms with E-state index in [-0.39, 0.29) is 12.2 Å². The predicted molar refractivity (Wildman–Crippen MR) is 68.5 cm³/mol. The van der Waals surface area contributed by atoms with Crippen molar-refractivity contribution in [3.8, 4) is 0 Å². The van der Waals surface area contributed by atoms with Gasteiger partial charge in [0, 0.05) is 17.4 Å². The molecule has 0 bridgehead atoms. The van der Waals surface area contributed by atoms with Crippen molar-refractivity contribution in [2.24, 2.45) is 0 Å². The summed E-state index contributed by atoms with van der Waals surface area (Å²) in [6.07, 6.45) is 1.73. The lowest BCUT2D eigenvalue weighted by atomic mass is 10.3. The van der Waals surface area contributed by atoms with Crippen LogP contribution >= 0.6 is 23.1 Å². The van der Waals surface area contributed by atoms with Gasteiger partial charge in [-0.25, -0.2) is 13.4 Å². The Morgan fingerprint density at radius 3 is 2.88 bits per heavy atom. The van der Waals surface area contributed by atoms with Gasteiger partial charge in [0.05, 0.1) is 17.9 Å². The highest BCUT2D eigenvalue weighted by Crippen LogP contribution is 2.23. The van der Waals surface area contributed by atoms with E-state index >= 15 is 0 Å². The van der Waals surface area contributed by atoms with Crippen molar-refractivity contribution in [3.63, 3.8) is 0 Å². The Kier molecular flexibility index (Phi) is 5.41. The van der Waals surface area contributed by atoms with Gasteiger partial charge in [-0.1, -0.05) is 11.8 Å². The fourth-order valence-corrected chi connectivity index (χ4v) is 3.78. The second-order valence-electron chi connectivity index (χ2n) is 3.51. The topological polar surface area (TPSA) is 84.3 Å². The zero-order valence-electron chi connectivity index (χ0n) is 9.25. The lowest BCUT2D eigenvalue weighted by Gasteiger charge is -1.97. The number of carboxylic acid groups (broad SMARTS) is 1. The van der Waals surface area contributed by atoms with E-state index in [9.17, 15) is 13.2 Å². The maximum Gasteiger partial charge on any atom is 0.309 e. The molecule has 5 nitrogen and oxygen atoms in total. The Hall–Kier alpha value is -0.600. The van der Waals surface area contributed by atoms with Crippen LogP contribution in [0.2, 0.25) is 0 Å². The number of carbonyl (C=O) groups is 1. The van der Waals surface area contributed by atoms with Crippen molar-refractivity contribution in [1.82, 2.24) is 4.98 Å². The molecule has 0 aliphatic rings. The molecule has 0 atom stereocenters. The second-order valence-corrected chi connectivity index (χ2v) is 7.97. The summed E-state index contributed by atoms with van der Waals surface area (Å²) in [5.41, 5.74) is 0.549. The minimum atomic E-state index is -2.90. The van der Waals surface area contributed by atoms with Gasteiger partial charge in [-0.05, 0) is 6.42 Å². The zero-order chi connectivity index (χ0) is 12.9. The standard InChI is InChI=1S/C9H13NO4S3/c1-17(13,14)4-2-3-15-9-10-7(6-16-9)5-8(11)12/h6H,2-5H2,1H3,(H,11,12). The van der Waals surface area contributed by atoms with E-state index in [1.165, 1.54) is 29.4 Å². The van der Waals surface area contributed by atoms with Gasteiger partial charge in [0.15, 0.2) is 0 Å². The summed E-state index contributed by atoms with van der Waals surface area (Å²) in [6.45, 7) is 0. The molecule has 0 saturated heterocycles. The Morgan fingerprint density at radius 1 is 1.59 bits per heavy atom. The number of aliphatic carboxylic acids is 1. The third-order valence-corrected chi connectivity index (χ3v) is 4.93. The Labute approximate surface area is 108 Å². The van der Waals surface area contributed by atoms with Crippen LogP contribution in [0.25, 0.3) is 0 Å². The van der Waals surface area contributed by atoms with Crippen molar-refractivity contribution < 1.29 is 18.3 Å². The molecular weight excluding hydrogens is 282 g/mol. The third-order valence-electron chi connectivity index (χ3n) is 1.75. The maximum absolute atomic E-state index is 10.9. The lowest BCUT2D eigenvalue weighted by molar-refractivity contribution is -0.136. The molecule has 0 fully saturated rings. The average molecular weight is 295 g/mol. The van der Waals surface area contributed by atoms with E-state index in [0.29, 0.717) is 17.9 Å². The van der Waals surface area contributed by atoms with Crippen molar-refractivity contribution in [3.05, 3.63) is 11.1 Å². The highest BCUT2D eigenvalue weighted by molar-refractivity contribution is 8.01. The first-order chi connectivity index (χ1) is 7.87. The fourth-order valence-electron chi connectivity index (χ4n) is 1.07. The maximum atomic E-state index is 10.9. The van der Waals surface area contributed by atoms with Crippen LogP contribution in [0.15, 0.2) is 9.72 Å². The van der Waals surface area contributed by atoms with Gasteiger partial charge in [-0.2, -0.15) is 0 Å². The minimum absolute atomic E-state index is 0.0690. The van der Waals surface area contributed by atoms with Crippen LogP contribution in [0.4, 0.5) is 0 Å². The van der Waals surface area contributed by atoms with Gasteiger partial charge < -0.3 is 5.11 Å². The molecule has 0 unspecified atom stereocenters. The number of sulfone groups is 1. The monoisotopic (exact) mass is 295 g/mol. The zero-order valence-corrected chi connectivity index (χ0v) is 11.7. The van der Waals surface area contributed by atoms with E-state index in [1.807, 2.05) is 0 Å². The third kappa shape index (κ3) is 6.64. The first-order valence-corrected chi connectivity index (χ1v) is 8.76. The molecule has 17 heavy (non-hydrogen) atoms. The van der Waals surface area contributed by atoms with Gasteiger partial charge in [-0.3, -0.25) is 4.79 Å². The van der Waals surface area contributed by atoms with Gasteiger partial charge in [0.2, 0.25) is 0 Å². The Balaban J connectivity index is 2.32. The number of hydrogen-bond donors (Lipinski definition) is 1. The van der Waals surface area contributed by atoms with E-state index in [0.717, 1.165) is 4.34 Å². The molecule has 0 saturated carbocycles. The molecule has 0 radical (unpaired) electrons. The van der Waals surface area contributed by atoms with Crippen LogP contribution in [0.5, 0.6) is 0 Å². The molecular formula is C9H13NO4S3. The number of aromatic nitrogens is 1. The molecule has 1 aromatic rings. The smallest absolute Gasteiger partial charge is 0.309 e. The molecule has 0 aliphatic carbocycles. The van der Waals surface area contributed by atoms with Gasteiger partial charge >= 0.3 is 5.97 Å². The molecule has 8 heteroatoms. The highest BCUT2D eigenvalue weighted by Gasteiger charge is 2.07.